The van der Waals surface area contributed by atoms with Gasteiger partial charge in [-0.1, -0.05) is 6.92 Å². The number of carboxylic acids is 1. The van der Waals surface area contributed by atoms with Gasteiger partial charge < -0.3 is 9.67 Å². The van der Waals surface area contributed by atoms with E-state index < -0.39 is 11.5 Å². The van der Waals surface area contributed by atoms with E-state index in [2.05, 4.69) is 9.88 Å². The number of aliphatic carboxylic acids is 1. The van der Waals surface area contributed by atoms with Crippen LogP contribution in [0.5, 0.6) is 0 Å². The highest BCUT2D eigenvalue weighted by Gasteiger charge is 2.45. The summed E-state index contributed by atoms with van der Waals surface area (Å²) >= 11 is 0. The Labute approximate surface area is 101 Å². The molecule has 0 radical (unpaired) electrons. The smallest absolute Gasteiger partial charge is 0.324 e. The topological polar surface area (TPSA) is 58.4 Å². The van der Waals surface area contributed by atoms with Crippen LogP contribution in [0.3, 0.4) is 0 Å². The lowest BCUT2D eigenvalue weighted by atomic mass is 9.93. The van der Waals surface area contributed by atoms with Gasteiger partial charge in [0.1, 0.15) is 5.54 Å². The van der Waals surface area contributed by atoms with Gasteiger partial charge in [0.25, 0.3) is 0 Å². The van der Waals surface area contributed by atoms with E-state index in [4.69, 9.17) is 0 Å². The standard InChI is InChI=1S/C12H19N3O2/c1-2-12(11(16)17)4-3-6-15(12)9-8-14-7-5-13-10-14/h5,7,10H,2-4,6,8-9H2,1H3,(H,16,17). The molecule has 5 nitrogen and oxygen atoms in total. The van der Waals surface area contributed by atoms with Gasteiger partial charge in [-0.25, -0.2) is 4.98 Å². The molecule has 1 atom stereocenters. The SMILES string of the molecule is CCC1(C(=O)O)CCCN1CCn1ccnc1. The van der Waals surface area contributed by atoms with Crippen molar-refractivity contribution in [3.05, 3.63) is 18.7 Å². The number of likely N-dealkylation sites (tertiary alicyclic amines) is 1. The third-order valence-electron chi connectivity index (χ3n) is 3.79. The summed E-state index contributed by atoms with van der Waals surface area (Å²) in [5.41, 5.74) is -0.638. The number of carbonyl (C=O) groups is 1. The van der Waals surface area contributed by atoms with Crippen molar-refractivity contribution in [1.82, 2.24) is 14.5 Å². The summed E-state index contributed by atoms with van der Waals surface area (Å²) < 4.78 is 1.99. The van der Waals surface area contributed by atoms with Crippen LogP contribution >= 0.6 is 0 Å². The van der Waals surface area contributed by atoms with Gasteiger partial charge in [-0.15, -0.1) is 0 Å². The summed E-state index contributed by atoms with van der Waals surface area (Å²) in [5, 5.41) is 9.43. The molecule has 2 rings (SSSR count). The van der Waals surface area contributed by atoms with Crippen LogP contribution in [0.4, 0.5) is 0 Å². The van der Waals surface area contributed by atoms with Gasteiger partial charge in [-0.3, -0.25) is 9.69 Å². The number of imidazole rings is 1. The van der Waals surface area contributed by atoms with Crippen molar-refractivity contribution in [2.75, 3.05) is 13.1 Å². The Morgan fingerprint density at radius 1 is 1.53 bits per heavy atom. The molecule has 1 fully saturated rings. The summed E-state index contributed by atoms with van der Waals surface area (Å²) in [6, 6.07) is 0. The third-order valence-corrected chi connectivity index (χ3v) is 3.79. The molecule has 1 aliphatic rings. The molecule has 0 aliphatic carbocycles. The molecule has 0 aromatic carbocycles. The van der Waals surface area contributed by atoms with Crippen LogP contribution in [0.1, 0.15) is 26.2 Å². The van der Waals surface area contributed by atoms with Crippen molar-refractivity contribution < 1.29 is 9.90 Å². The van der Waals surface area contributed by atoms with E-state index in [9.17, 15) is 9.90 Å². The Morgan fingerprint density at radius 3 is 2.94 bits per heavy atom. The van der Waals surface area contributed by atoms with Gasteiger partial charge >= 0.3 is 5.97 Å². The number of carboxylic acid groups (broad SMARTS) is 1. The van der Waals surface area contributed by atoms with Crippen LogP contribution in [-0.4, -0.2) is 44.2 Å². The maximum absolute atomic E-state index is 11.5. The van der Waals surface area contributed by atoms with Crippen molar-refractivity contribution >= 4 is 5.97 Å². The predicted octanol–water partition coefficient (Wildman–Crippen LogP) is 1.21. The van der Waals surface area contributed by atoms with E-state index in [1.807, 2.05) is 17.7 Å². The largest absolute Gasteiger partial charge is 0.480 e. The molecule has 1 aromatic heterocycles. The van der Waals surface area contributed by atoms with E-state index in [0.29, 0.717) is 6.42 Å². The number of hydrogen-bond donors (Lipinski definition) is 1. The highest BCUT2D eigenvalue weighted by molar-refractivity contribution is 5.79. The first-order valence-electron chi connectivity index (χ1n) is 6.13. The highest BCUT2D eigenvalue weighted by atomic mass is 16.4. The van der Waals surface area contributed by atoms with Crippen molar-refractivity contribution in [2.24, 2.45) is 0 Å². The van der Waals surface area contributed by atoms with Crippen LogP contribution in [0, 0.1) is 0 Å². The molecular formula is C12H19N3O2. The second-order valence-electron chi connectivity index (χ2n) is 4.58. The molecule has 1 unspecified atom stereocenters. The molecule has 0 amide bonds. The first-order valence-corrected chi connectivity index (χ1v) is 6.13. The zero-order valence-electron chi connectivity index (χ0n) is 10.2. The molecule has 17 heavy (non-hydrogen) atoms. The van der Waals surface area contributed by atoms with E-state index in [0.717, 1.165) is 32.5 Å². The summed E-state index contributed by atoms with van der Waals surface area (Å²) in [7, 11) is 0. The highest BCUT2D eigenvalue weighted by Crippen LogP contribution is 2.32. The maximum Gasteiger partial charge on any atom is 0.324 e. The fraction of sp³-hybridized carbons (Fsp3) is 0.667. The number of aromatic nitrogens is 2. The van der Waals surface area contributed by atoms with Crippen molar-refractivity contribution in [3.8, 4) is 0 Å². The van der Waals surface area contributed by atoms with Gasteiger partial charge in [0.05, 0.1) is 6.33 Å². The van der Waals surface area contributed by atoms with E-state index in [1.165, 1.54) is 0 Å². The van der Waals surface area contributed by atoms with Crippen molar-refractivity contribution in [1.29, 1.82) is 0 Å². The minimum Gasteiger partial charge on any atom is -0.480 e. The monoisotopic (exact) mass is 237 g/mol. The molecule has 1 aromatic rings. The minimum absolute atomic E-state index is 0.638. The third kappa shape index (κ3) is 2.20. The number of hydrogen-bond acceptors (Lipinski definition) is 3. The minimum atomic E-state index is -0.678. The Bertz CT molecular complexity index is 377. The van der Waals surface area contributed by atoms with Gasteiger partial charge in [0, 0.05) is 25.5 Å². The van der Waals surface area contributed by atoms with E-state index >= 15 is 0 Å². The van der Waals surface area contributed by atoms with Gasteiger partial charge in [-0.2, -0.15) is 0 Å². The molecule has 2 heterocycles. The second-order valence-corrected chi connectivity index (χ2v) is 4.58. The molecule has 1 N–H and O–H groups in total. The Hall–Kier alpha value is -1.36. The van der Waals surface area contributed by atoms with Crippen LogP contribution < -0.4 is 0 Å². The van der Waals surface area contributed by atoms with E-state index in [1.54, 1.807) is 12.5 Å². The lowest BCUT2D eigenvalue weighted by Gasteiger charge is -2.33. The molecule has 0 saturated carbocycles. The first-order chi connectivity index (χ1) is 8.19. The summed E-state index contributed by atoms with van der Waals surface area (Å²) in [4.78, 5) is 17.6. The molecule has 94 valence electrons. The Morgan fingerprint density at radius 2 is 2.35 bits per heavy atom. The fourth-order valence-corrected chi connectivity index (χ4v) is 2.71. The van der Waals surface area contributed by atoms with Crippen LogP contribution in [-0.2, 0) is 11.3 Å². The molecule has 0 spiro atoms. The number of nitrogens with zero attached hydrogens (tertiary/aromatic N) is 3. The van der Waals surface area contributed by atoms with Crippen LogP contribution in [0.15, 0.2) is 18.7 Å². The zero-order chi connectivity index (χ0) is 12.3. The maximum atomic E-state index is 11.5. The number of rotatable bonds is 5. The van der Waals surface area contributed by atoms with Gasteiger partial charge in [0.2, 0.25) is 0 Å². The Balaban J connectivity index is 2.01. The molecule has 1 aliphatic heterocycles. The predicted molar refractivity (Wildman–Crippen MR) is 63.7 cm³/mol. The van der Waals surface area contributed by atoms with E-state index in [-0.39, 0.29) is 0 Å². The first kappa shape index (κ1) is 12.1. The summed E-state index contributed by atoms with van der Waals surface area (Å²) in [6.45, 7) is 4.42. The average Bonchev–Trinajstić information content (AvgIpc) is 2.96. The Kier molecular flexibility index (Phi) is 3.47. The van der Waals surface area contributed by atoms with Gasteiger partial charge in [0.15, 0.2) is 0 Å². The molecule has 1 saturated heterocycles. The lowest BCUT2D eigenvalue weighted by molar-refractivity contribution is -0.150. The van der Waals surface area contributed by atoms with Crippen LogP contribution in [0.25, 0.3) is 0 Å². The summed E-state index contributed by atoms with van der Waals surface area (Å²) in [5.74, 6) is -0.678. The summed E-state index contributed by atoms with van der Waals surface area (Å²) in [6.07, 6.45) is 7.84. The molecule has 5 heteroatoms. The van der Waals surface area contributed by atoms with Gasteiger partial charge in [-0.05, 0) is 25.8 Å². The normalized spacial score (nSPS) is 25.2. The molecular weight excluding hydrogens is 218 g/mol. The quantitative estimate of drug-likeness (QED) is 0.836. The van der Waals surface area contributed by atoms with Crippen molar-refractivity contribution in [2.45, 2.75) is 38.3 Å². The second kappa shape index (κ2) is 4.87. The zero-order valence-corrected chi connectivity index (χ0v) is 10.2. The van der Waals surface area contributed by atoms with Crippen LogP contribution in [0.2, 0.25) is 0 Å². The lowest BCUT2D eigenvalue weighted by Crippen LogP contribution is -2.50. The van der Waals surface area contributed by atoms with Crippen molar-refractivity contribution in [3.63, 3.8) is 0 Å². The average molecular weight is 237 g/mol. The molecule has 0 bridgehead atoms. The fourth-order valence-electron chi connectivity index (χ4n) is 2.71.